The second-order valence-corrected chi connectivity index (χ2v) is 11.3. The van der Waals surface area contributed by atoms with Gasteiger partial charge >= 0.3 is 0 Å². The van der Waals surface area contributed by atoms with Crippen LogP contribution in [0.4, 0.5) is 0 Å². The molecule has 2 N–H and O–H groups in total. The van der Waals surface area contributed by atoms with Gasteiger partial charge in [0.2, 0.25) is 0 Å². The van der Waals surface area contributed by atoms with Gasteiger partial charge in [0.05, 0.1) is 23.8 Å². The summed E-state index contributed by atoms with van der Waals surface area (Å²) in [5.74, 6) is 1.66. The number of aromatic amines is 2. The largest absolute Gasteiger partial charge is 0.342 e. The second kappa shape index (κ2) is 13.5. The Balaban J connectivity index is 0.000000175. The van der Waals surface area contributed by atoms with Crippen molar-refractivity contribution in [3.63, 3.8) is 0 Å². The molecule has 44 heavy (non-hydrogen) atoms. The molecule has 2 saturated heterocycles. The third kappa shape index (κ3) is 6.27. The molecule has 4 heterocycles. The van der Waals surface area contributed by atoms with Gasteiger partial charge in [-0.05, 0) is 49.4 Å². The van der Waals surface area contributed by atoms with E-state index in [0.29, 0.717) is 36.2 Å². The Morgan fingerprint density at radius 1 is 0.659 bits per heavy atom. The van der Waals surface area contributed by atoms with Crippen molar-refractivity contribution in [2.24, 2.45) is 0 Å². The van der Waals surface area contributed by atoms with Crippen LogP contribution >= 0.6 is 24.4 Å². The fraction of sp³-hybridized carbons (Fsp3) is 0.312. The van der Waals surface area contributed by atoms with Crippen LogP contribution in [0.2, 0.25) is 0 Å². The van der Waals surface area contributed by atoms with Crippen LogP contribution in [-0.4, -0.2) is 101 Å². The van der Waals surface area contributed by atoms with Gasteiger partial charge in [-0.1, -0.05) is 60.7 Å². The molecule has 0 spiro atoms. The molecule has 4 aromatic rings. The van der Waals surface area contributed by atoms with E-state index in [1.165, 1.54) is 0 Å². The lowest BCUT2D eigenvalue weighted by Crippen LogP contribution is -2.36. The molecule has 2 fully saturated rings. The molecular formula is C32H36N8O2S2. The normalized spacial score (nSPS) is 18.4. The predicted molar refractivity (Wildman–Crippen MR) is 179 cm³/mol. The molecule has 2 aliphatic heterocycles. The van der Waals surface area contributed by atoms with Crippen LogP contribution < -0.4 is 0 Å². The van der Waals surface area contributed by atoms with Crippen molar-refractivity contribution in [3.8, 4) is 22.5 Å². The molecule has 0 aliphatic carbocycles. The number of benzene rings is 2. The van der Waals surface area contributed by atoms with E-state index in [1.54, 1.807) is 23.9 Å². The molecule has 0 unspecified atom stereocenters. The van der Waals surface area contributed by atoms with Gasteiger partial charge in [0, 0.05) is 40.0 Å². The molecule has 2 aromatic heterocycles. The first kappa shape index (κ1) is 31.0. The van der Waals surface area contributed by atoms with E-state index < -0.39 is 0 Å². The Labute approximate surface area is 268 Å². The number of rotatable bonds is 8. The first-order valence-electron chi connectivity index (χ1n) is 14.6. The standard InChI is InChI=1S/2C16H18N4OS/c2*1-3-20-13(15(21)19(2)16(20)22)9-14-17-10-12(18-14)11-7-5-4-6-8-11/h2*4-8,10,13H,3,9H2,1-2H3,(H,17,18)/t2*13-/m10/s1. The van der Waals surface area contributed by atoms with Crippen LogP contribution in [0.25, 0.3) is 22.5 Å². The number of likely N-dealkylation sites (N-methyl/N-ethyl adjacent to an activating group) is 4. The van der Waals surface area contributed by atoms with Gasteiger partial charge in [-0.15, -0.1) is 0 Å². The highest BCUT2D eigenvalue weighted by molar-refractivity contribution is 7.80. The lowest BCUT2D eigenvalue weighted by atomic mass is 10.1. The Morgan fingerprint density at radius 3 is 1.36 bits per heavy atom. The maximum Gasteiger partial charge on any atom is 0.251 e. The summed E-state index contributed by atoms with van der Waals surface area (Å²) in [6.45, 7) is 5.43. The highest BCUT2D eigenvalue weighted by Crippen LogP contribution is 2.23. The zero-order chi connectivity index (χ0) is 31.4. The number of carbonyl (C=O) groups is 2. The van der Waals surface area contributed by atoms with Gasteiger partial charge in [0.25, 0.3) is 11.8 Å². The Morgan fingerprint density at radius 2 is 1.02 bits per heavy atom. The molecule has 228 valence electrons. The van der Waals surface area contributed by atoms with E-state index in [-0.39, 0.29) is 23.9 Å². The molecule has 0 bridgehead atoms. The molecule has 0 saturated carbocycles. The molecule has 12 heteroatoms. The first-order valence-corrected chi connectivity index (χ1v) is 15.4. The monoisotopic (exact) mass is 628 g/mol. The number of H-pyrrole nitrogens is 2. The topological polar surface area (TPSA) is 104 Å². The quantitative estimate of drug-likeness (QED) is 0.281. The molecular weight excluding hydrogens is 593 g/mol. The van der Waals surface area contributed by atoms with E-state index in [4.69, 9.17) is 24.4 Å². The molecule has 2 amide bonds. The minimum Gasteiger partial charge on any atom is -0.342 e. The molecule has 0 radical (unpaired) electrons. The number of thiocarbonyl (C=S) groups is 2. The number of hydrogen-bond donors (Lipinski definition) is 2. The number of imidazole rings is 2. The Kier molecular flexibility index (Phi) is 9.50. The SMILES string of the molecule is CCN1C(=S)N(C)C(=O)[C@@H]1Cc1ncc(-c2ccccc2)[nH]1.CCN1C(=S)N(C)C(=O)[C@H]1Cc1ncc(-c2ccccc2)[nH]1. The second-order valence-electron chi connectivity index (χ2n) is 10.6. The Bertz CT molecular complexity index is 1520. The lowest BCUT2D eigenvalue weighted by Gasteiger charge is -2.20. The van der Waals surface area contributed by atoms with Gasteiger partial charge in [-0.3, -0.25) is 19.4 Å². The Hall–Kier alpha value is -4.42. The lowest BCUT2D eigenvalue weighted by molar-refractivity contribution is -0.128. The maximum absolute atomic E-state index is 12.3. The van der Waals surface area contributed by atoms with Crippen LogP contribution in [0.15, 0.2) is 73.1 Å². The third-order valence-corrected chi connectivity index (χ3v) is 8.95. The van der Waals surface area contributed by atoms with E-state index in [0.717, 1.165) is 34.2 Å². The van der Waals surface area contributed by atoms with E-state index in [9.17, 15) is 9.59 Å². The summed E-state index contributed by atoms with van der Waals surface area (Å²) in [6.07, 6.45) is 4.68. The number of nitrogens with zero attached hydrogens (tertiary/aromatic N) is 6. The number of amides is 2. The van der Waals surface area contributed by atoms with Crippen molar-refractivity contribution < 1.29 is 9.59 Å². The average molecular weight is 629 g/mol. The summed E-state index contributed by atoms with van der Waals surface area (Å²) in [5.41, 5.74) is 4.08. The van der Waals surface area contributed by atoms with Gasteiger partial charge in [0.1, 0.15) is 23.7 Å². The summed E-state index contributed by atoms with van der Waals surface area (Å²) < 4.78 is 0. The zero-order valence-electron chi connectivity index (χ0n) is 25.2. The van der Waals surface area contributed by atoms with Crippen molar-refractivity contribution in [1.29, 1.82) is 0 Å². The van der Waals surface area contributed by atoms with Crippen LogP contribution in [0, 0.1) is 0 Å². The summed E-state index contributed by atoms with van der Waals surface area (Å²) in [6, 6.07) is 19.5. The van der Waals surface area contributed by atoms with Crippen molar-refractivity contribution in [3.05, 3.63) is 84.7 Å². The van der Waals surface area contributed by atoms with Crippen molar-refractivity contribution in [2.75, 3.05) is 27.2 Å². The van der Waals surface area contributed by atoms with Gasteiger partial charge in [-0.2, -0.15) is 0 Å². The minimum absolute atomic E-state index is 0.0320. The highest BCUT2D eigenvalue weighted by atomic mass is 32.1. The van der Waals surface area contributed by atoms with Crippen LogP contribution in [0.3, 0.4) is 0 Å². The summed E-state index contributed by atoms with van der Waals surface area (Å²) in [7, 11) is 3.45. The summed E-state index contributed by atoms with van der Waals surface area (Å²) in [4.78, 5) is 47.1. The smallest absolute Gasteiger partial charge is 0.251 e. The van der Waals surface area contributed by atoms with Gasteiger partial charge in [-0.25, -0.2) is 9.97 Å². The minimum atomic E-state index is -0.266. The molecule has 2 aliphatic rings. The van der Waals surface area contributed by atoms with E-state index in [2.05, 4.69) is 19.9 Å². The first-order chi connectivity index (χ1) is 21.2. The van der Waals surface area contributed by atoms with Crippen LogP contribution in [-0.2, 0) is 22.4 Å². The number of aromatic nitrogens is 4. The third-order valence-electron chi connectivity index (χ3n) is 7.93. The number of nitrogens with one attached hydrogen (secondary N) is 2. The number of hydrogen-bond acceptors (Lipinski definition) is 6. The summed E-state index contributed by atoms with van der Waals surface area (Å²) >= 11 is 10.6. The van der Waals surface area contributed by atoms with Crippen LogP contribution in [0.1, 0.15) is 25.5 Å². The molecule has 2 aromatic carbocycles. The fourth-order valence-corrected chi connectivity index (χ4v) is 6.18. The predicted octanol–water partition coefficient (Wildman–Crippen LogP) is 4.13. The number of carbonyl (C=O) groups excluding carboxylic acids is 2. The molecule has 10 nitrogen and oxygen atoms in total. The van der Waals surface area contributed by atoms with Gasteiger partial charge in [0.15, 0.2) is 10.2 Å². The highest BCUT2D eigenvalue weighted by Gasteiger charge is 2.40. The van der Waals surface area contributed by atoms with Crippen molar-refractivity contribution >= 4 is 46.5 Å². The maximum atomic E-state index is 12.3. The van der Waals surface area contributed by atoms with E-state index in [1.807, 2.05) is 96.7 Å². The van der Waals surface area contributed by atoms with E-state index >= 15 is 0 Å². The fourth-order valence-electron chi connectivity index (χ4n) is 5.49. The van der Waals surface area contributed by atoms with Crippen molar-refractivity contribution in [1.82, 2.24) is 39.5 Å². The zero-order valence-corrected chi connectivity index (χ0v) is 26.9. The molecule has 6 rings (SSSR count). The van der Waals surface area contributed by atoms with Crippen LogP contribution in [0.5, 0.6) is 0 Å². The van der Waals surface area contributed by atoms with Gasteiger partial charge < -0.3 is 19.8 Å². The average Bonchev–Trinajstić information content (AvgIpc) is 3.81. The summed E-state index contributed by atoms with van der Waals surface area (Å²) in [5, 5.41) is 1.18. The molecule has 2 atom stereocenters. The van der Waals surface area contributed by atoms with Crippen molar-refractivity contribution in [2.45, 2.75) is 38.8 Å².